The summed E-state index contributed by atoms with van der Waals surface area (Å²) < 4.78 is 11.3. The number of carbonyl (C=O) groups excluding carboxylic acids is 2. The Bertz CT molecular complexity index is 1320. The summed E-state index contributed by atoms with van der Waals surface area (Å²) in [7, 11) is 0. The van der Waals surface area contributed by atoms with Gasteiger partial charge in [-0.2, -0.15) is 11.8 Å². The number of para-hydroxylation sites is 1. The molecule has 0 radical (unpaired) electrons. The lowest BCUT2D eigenvalue weighted by Gasteiger charge is -2.20. The summed E-state index contributed by atoms with van der Waals surface area (Å²) in [6.07, 6.45) is 6.28. The van der Waals surface area contributed by atoms with Gasteiger partial charge in [-0.3, -0.25) is 4.79 Å². The van der Waals surface area contributed by atoms with Gasteiger partial charge in [-0.1, -0.05) is 73.9 Å². The Hall–Kier alpha value is -3.25. The number of anilines is 1. The molecule has 1 aliphatic carbocycles. The van der Waals surface area contributed by atoms with Gasteiger partial charge in [-0.05, 0) is 30.4 Å². The molecule has 4 aromatic rings. The zero-order valence-electron chi connectivity index (χ0n) is 18.9. The Morgan fingerprint density at radius 3 is 2.50 bits per heavy atom. The molecule has 1 amide bonds. The maximum atomic E-state index is 13.0. The van der Waals surface area contributed by atoms with Crippen molar-refractivity contribution in [3.63, 3.8) is 0 Å². The minimum absolute atomic E-state index is 0.197. The van der Waals surface area contributed by atoms with E-state index in [0.717, 1.165) is 21.7 Å². The number of nitrogens with one attached hydrogen (secondary N) is 1. The largest absolute Gasteiger partial charge is 0.450 e. The number of benzene rings is 3. The first-order valence-corrected chi connectivity index (χ1v) is 12.8. The zero-order chi connectivity index (χ0) is 23.3. The molecule has 0 atom stereocenters. The van der Waals surface area contributed by atoms with Gasteiger partial charge in [0, 0.05) is 33.0 Å². The number of hydrogen-bond acceptors (Lipinski definition) is 5. The van der Waals surface area contributed by atoms with Gasteiger partial charge in [-0.15, -0.1) is 0 Å². The van der Waals surface area contributed by atoms with Crippen molar-refractivity contribution in [3.05, 3.63) is 78.1 Å². The van der Waals surface area contributed by atoms with Crippen molar-refractivity contribution in [3.8, 4) is 0 Å². The van der Waals surface area contributed by atoms with Crippen molar-refractivity contribution >= 4 is 51.1 Å². The van der Waals surface area contributed by atoms with E-state index in [2.05, 4.69) is 5.32 Å². The van der Waals surface area contributed by atoms with Crippen molar-refractivity contribution in [1.29, 1.82) is 0 Å². The second-order valence-electron chi connectivity index (χ2n) is 8.63. The van der Waals surface area contributed by atoms with Gasteiger partial charge in [0.25, 0.3) is 5.91 Å². The third-order valence-corrected chi connectivity index (χ3v) is 7.70. The molecule has 0 unspecified atom stereocenters. The molecule has 6 heteroatoms. The fourth-order valence-corrected chi connectivity index (χ4v) is 5.91. The number of furan rings is 1. The van der Waals surface area contributed by atoms with E-state index in [1.54, 1.807) is 0 Å². The number of thioether (sulfide) groups is 1. The van der Waals surface area contributed by atoms with Crippen molar-refractivity contribution in [2.75, 3.05) is 11.9 Å². The Labute approximate surface area is 202 Å². The van der Waals surface area contributed by atoms with E-state index in [0.29, 0.717) is 22.3 Å². The first-order chi connectivity index (χ1) is 16.7. The molecule has 5 rings (SSSR count). The number of amides is 1. The zero-order valence-corrected chi connectivity index (χ0v) is 19.7. The number of hydrogen-bond donors (Lipinski definition) is 1. The van der Waals surface area contributed by atoms with Gasteiger partial charge in [0.1, 0.15) is 5.58 Å². The second kappa shape index (κ2) is 10.3. The summed E-state index contributed by atoms with van der Waals surface area (Å²) in [4.78, 5) is 25.5. The highest BCUT2D eigenvalue weighted by Crippen LogP contribution is 2.35. The highest BCUT2D eigenvalue weighted by molar-refractivity contribution is 7.99. The molecule has 1 N–H and O–H groups in total. The van der Waals surface area contributed by atoms with E-state index >= 15 is 0 Å². The minimum Gasteiger partial charge on any atom is -0.450 e. The highest BCUT2D eigenvalue weighted by atomic mass is 32.2. The smallest absolute Gasteiger partial charge is 0.375 e. The van der Waals surface area contributed by atoms with E-state index in [9.17, 15) is 9.59 Å². The Balaban J connectivity index is 1.27. The highest BCUT2D eigenvalue weighted by Gasteiger charge is 2.24. The number of carbonyl (C=O) groups is 2. The van der Waals surface area contributed by atoms with Crippen LogP contribution < -0.4 is 5.32 Å². The van der Waals surface area contributed by atoms with Crippen LogP contribution in [0.3, 0.4) is 0 Å². The molecule has 34 heavy (non-hydrogen) atoms. The van der Waals surface area contributed by atoms with Gasteiger partial charge >= 0.3 is 5.97 Å². The molecule has 0 aliphatic heterocycles. The number of ether oxygens (including phenoxy) is 1. The van der Waals surface area contributed by atoms with Gasteiger partial charge in [0.15, 0.2) is 6.61 Å². The predicted octanol–water partition coefficient (Wildman–Crippen LogP) is 6.95. The summed E-state index contributed by atoms with van der Waals surface area (Å²) in [5.41, 5.74) is 2.20. The minimum atomic E-state index is -0.608. The lowest BCUT2D eigenvalue weighted by molar-refractivity contribution is -0.119. The monoisotopic (exact) mass is 473 g/mol. The summed E-state index contributed by atoms with van der Waals surface area (Å²) in [6.45, 7) is -0.381. The van der Waals surface area contributed by atoms with Gasteiger partial charge < -0.3 is 14.5 Å². The molecule has 0 spiro atoms. The Kier molecular flexibility index (Phi) is 6.86. The number of rotatable bonds is 7. The van der Waals surface area contributed by atoms with E-state index < -0.39 is 5.97 Å². The Morgan fingerprint density at radius 1 is 0.912 bits per heavy atom. The summed E-state index contributed by atoms with van der Waals surface area (Å²) in [5.74, 6) is -0.112. The van der Waals surface area contributed by atoms with E-state index in [4.69, 9.17) is 9.15 Å². The first-order valence-electron chi connectivity index (χ1n) is 11.8. The first kappa shape index (κ1) is 22.5. The lowest BCUT2D eigenvalue weighted by Crippen LogP contribution is -2.21. The topological polar surface area (TPSA) is 68.5 Å². The molecule has 1 fully saturated rings. The molecule has 1 saturated carbocycles. The third-order valence-electron chi connectivity index (χ3n) is 6.30. The van der Waals surface area contributed by atoms with E-state index in [1.165, 1.54) is 32.1 Å². The maximum Gasteiger partial charge on any atom is 0.375 e. The fourth-order valence-electron chi connectivity index (χ4n) is 4.56. The molecule has 174 valence electrons. The van der Waals surface area contributed by atoms with E-state index in [-0.39, 0.29) is 18.3 Å². The lowest BCUT2D eigenvalue weighted by atomic mass is 10.0. The third kappa shape index (κ3) is 4.97. The van der Waals surface area contributed by atoms with Crippen molar-refractivity contribution in [1.82, 2.24) is 0 Å². The Morgan fingerprint density at radius 2 is 1.65 bits per heavy atom. The summed E-state index contributed by atoms with van der Waals surface area (Å²) >= 11 is 1.88. The average molecular weight is 474 g/mol. The van der Waals surface area contributed by atoms with Crippen LogP contribution >= 0.6 is 11.8 Å². The van der Waals surface area contributed by atoms with Crippen LogP contribution in [0.25, 0.3) is 21.7 Å². The molecule has 3 aromatic carbocycles. The number of fused-ring (bicyclic) bond motifs is 2. The van der Waals surface area contributed by atoms with Crippen LogP contribution in [-0.4, -0.2) is 23.7 Å². The molecular weight excluding hydrogens is 446 g/mol. The molecule has 0 saturated heterocycles. The molecular formula is C28H27NO4S. The van der Waals surface area contributed by atoms with E-state index in [1.807, 2.05) is 78.5 Å². The van der Waals surface area contributed by atoms with Crippen molar-refractivity contribution in [2.24, 2.45) is 0 Å². The van der Waals surface area contributed by atoms with Crippen LogP contribution in [0.15, 0.2) is 71.1 Å². The van der Waals surface area contributed by atoms with Crippen LogP contribution in [0.5, 0.6) is 0 Å². The second-order valence-corrected chi connectivity index (χ2v) is 9.92. The predicted molar refractivity (Wildman–Crippen MR) is 137 cm³/mol. The van der Waals surface area contributed by atoms with Crippen LogP contribution in [0.4, 0.5) is 5.69 Å². The van der Waals surface area contributed by atoms with Crippen LogP contribution in [0.1, 0.15) is 48.2 Å². The molecule has 1 heterocycles. The standard InChI is InChI=1S/C28H27NO4S/c30-26(29-24-15-8-10-19-9-4-5-13-21(19)24)17-32-28(31)27-23(18-34-20-11-2-1-3-12-20)22-14-6-7-16-25(22)33-27/h4-10,13-16,20H,1-3,11-12,17-18H2,(H,29,30). The SMILES string of the molecule is O=C(COC(=O)c1oc2ccccc2c1CSC1CCCCC1)Nc1cccc2ccccc12. The van der Waals surface area contributed by atoms with Gasteiger partial charge in [0.05, 0.1) is 0 Å². The molecule has 5 nitrogen and oxygen atoms in total. The van der Waals surface area contributed by atoms with Gasteiger partial charge in [-0.25, -0.2) is 4.79 Å². The quantitative estimate of drug-likeness (QED) is 0.294. The maximum absolute atomic E-state index is 13.0. The van der Waals surface area contributed by atoms with Crippen LogP contribution in [0.2, 0.25) is 0 Å². The fraction of sp³-hybridized carbons (Fsp3) is 0.286. The summed E-state index contributed by atoms with van der Waals surface area (Å²) in [6, 6.07) is 21.2. The molecule has 0 bridgehead atoms. The normalized spacial score (nSPS) is 14.4. The van der Waals surface area contributed by atoms with Crippen molar-refractivity contribution in [2.45, 2.75) is 43.1 Å². The molecule has 1 aromatic heterocycles. The van der Waals surface area contributed by atoms with Crippen molar-refractivity contribution < 1.29 is 18.7 Å². The van der Waals surface area contributed by atoms with Gasteiger partial charge in [0.2, 0.25) is 5.76 Å². The number of esters is 1. The average Bonchev–Trinajstić information content (AvgIpc) is 3.25. The van der Waals surface area contributed by atoms with Crippen LogP contribution in [-0.2, 0) is 15.3 Å². The molecule has 1 aliphatic rings. The summed E-state index contributed by atoms with van der Waals surface area (Å²) in [5, 5.41) is 6.35. The van der Waals surface area contributed by atoms with Crippen LogP contribution in [0, 0.1) is 0 Å².